The Morgan fingerprint density at radius 2 is 2.00 bits per heavy atom. The maximum atomic E-state index is 15.5. The van der Waals surface area contributed by atoms with E-state index in [1.165, 1.54) is 12.0 Å². The molecule has 0 bridgehead atoms. The van der Waals surface area contributed by atoms with E-state index in [1.807, 2.05) is 0 Å². The molecule has 0 aliphatic carbocycles. The molecule has 1 unspecified atom stereocenters. The van der Waals surface area contributed by atoms with E-state index >= 15 is 4.39 Å². The lowest BCUT2D eigenvalue weighted by molar-refractivity contribution is -0.133. The fraction of sp³-hybridized carbons (Fsp3) is 0.429. The van der Waals surface area contributed by atoms with Crippen LogP contribution in [0.3, 0.4) is 0 Å². The van der Waals surface area contributed by atoms with Crippen molar-refractivity contribution in [3.05, 3.63) is 59.0 Å². The lowest BCUT2D eigenvalue weighted by atomic mass is 9.81. The molecule has 3 amide bonds. The molecule has 9 heteroatoms. The van der Waals surface area contributed by atoms with Crippen LogP contribution in [0.15, 0.2) is 36.4 Å². The van der Waals surface area contributed by atoms with Crippen LogP contribution in [0.4, 0.5) is 9.18 Å². The summed E-state index contributed by atoms with van der Waals surface area (Å²) in [5.74, 6) is -0.663. The number of aromatic hydroxyl groups is 1. The summed E-state index contributed by atoms with van der Waals surface area (Å²) in [7, 11) is 1.41. The summed E-state index contributed by atoms with van der Waals surface area (Å²) in [4.78, 5) is 33.9. The maximum absolute atomic E-state index is 15.5. The number of amides is 3. The number of nitrogens with zero attached hydrogens (tertiary/aromatic N) is 2. The van der Waals surface area contributed by atoms with Gasteiger partial charge in [-0.2, -0.15) is 0 Å². The van der Waals surface area contributed by atoms with E-state index in [2.05, 4.69) is 31.1 Å². The molecule has 1 saturated heterocycles. The predicted octanol–water partition coefficient (Wildman–Crippen LogP) is 4.47. The normalized spacial score (nSPS) is 21.5. The Balaban J connectivity index is 1.62. The first-order valence-electron chi connectivity index (χ1n) is 12.5. The molecule has 3 heterocycles. The second-order valence-corrected chi connectivity index (χ2v) is 11.1. The number of aromatic nitrogens is 1. The van der Waals surface area contributed by atoms with Gasteiger partial charge in [0.15, 0.2) is 11.6 Å². The zero-order chi connectivity index (χ0) is 26.7. The zero-order valence-electron chi connectivity index (χ0n) is 21.8. The highest BCUT2D eigenvalue weighted by atomic mass is 19.1. The van der Waals surface area contributed by atoms with E-state index in [0.29, 0.717) is 40.7 Å². The molecular formula is C28H33FN4O4. The van der Waals surface area contributed by atoms with Gasteiger partial charge in [-0.25, -0.2) is 9.18 Å². The summed E-state index contributed by atoms with van der Waals surface area (Å²) in [5, 5.41) is 14.0. The number of phenolic OH excluding ortho intramolecular Hbond substituents is 1. The number of fused-ring (bicyclic) bond motifs is 4. The quantitative estimate of drug-likeness (QED) is 0.337. The number of halogens is 1. The molecule has 1 fully saturated rings. The average Bonchev–Trinajstić information content (AvgIpc) is 3.28. The van der Waals surface area contributed by atoms with E-state index in [9.17, 15) is 14.7 Å². The molecule has 8 nitrogen and oxygen atoms in total. The highest BCUT2D eigenvalue weighted by Gasteiger charge is 2.60. The number of aromatic amines is 1. The Hall–Kier alpha value is -3.59. The monoisotopic (exact) mass is 508 g/mol. The van der Waals surface area contributed by atoms with Gasteiger partial charge in [-0.15, -0.1) is 0 Å². The Kier molecular flexibility index (Phi) is 5.94. The predicted molar refractivity (Wildman–Crippen MR) is 138 cm³/mol. The van der Waals surface area contributed by atoms with Crippen LogP contribution in [0.2, 0.25) is 0 Å². The zero-order valence-corrected chi connectivity index (χ0v) is 21.8. The smallest absolute Gasteiger partial charge is 0.328 e. The number of ether oxygens (including phenoxy) is 1. The molecule has 3 aromatic rings. The van der Waals surface area contributed by atoms with Crippen molar-refractivity contribution in [3.8, 4) is 11.5 Å². The highest BCUT2D eigenvalue weighted by molar-refractivity contribution is 6.08. The van der Waals surface area contributed by atoms with Gasteiger partial charge in [0, 0.05) is 35.1 Å². The van der Waals surface area contributed by atoms with Gasteiger partial charge < -0.3 is 20.1 Å². The van der Waals surface area contributed by atoms with Gasteiger partial charge in [-0.3, -0.25) is 14.6 Å². The van der Waals surface area contributed by atoms with E-state index in [4.69, 9.17) is 4.74 Å². The number of nitrogens with one attached hydrogen (secondary N) is 2. The van der Waals surface area contributed by atoms with Gasteiger partial charge in [0.05, 0.1) is 7.11 Å². The van der Waals surface area contributed by atoms with Crippen molar-refractivity contribution in [1.29, 1.82) is 0 Å². The van der Waals surface area contributed by atoms with Crippen LogP contribution in [0, 0.1) is 5.82 Å². The van der Waals surface area contributed by atoms with E-state index in [-0.39, 0.29) is 41.9 Å². The molecule has 196 valence electrons. The van der Waals surface area contributed by atoms with Crippen molar-refractivity contribution < 1.29 is 23.8 Å². The van der Waals surface area contributed by atoms with E-state index in [1.54, 1.807) is 48.2 Å². The van der Waals surface area contributed by atoms with Crippen molar-refractivity contribution in [3.63, 3.8) is 0 Å². The van der Waals surface area contributed by atoms with Crippen LogP contribution in [0.25, 0.3) is 10.9 Å². The first kappa shape index (κ1) is 25.1. The minimum atomic E-state index is -1.22. The third kappa shape index (κ3) is 4.01. The minimum absolute atomic E-state index is 0.0402. The van der Waals surface area contributed by atoms with Crippen molar-refractivity contribution in [2.75, 3.05) is 20.2 Å². The lowest BCUT2D eigenvalue weighted by Crippen LogP contribution is -2.53. The molecule has 1 aromatic heterocycles. The number of hydrogen-bond donors (Lipinski definition) is 3. The summed E-state index contributed by atoms with van der Waals surface area (Å²) in [5.41, 5.74) is 1.16. The van der Waals surface area contributed by atoms with Gasteiger partial charge in [0.1, 0.15) is 17.3 Å². The third-order valence-electron chi connectivity index (χ3n) is 7.35. The SMILES string of the molecule is COc1ccc2[nH]c3c(c2c1F)C[C@@]1(C)C(=O)N(CCCNC(C)(C)C)C(=O)N1C3c1cccc(O)c1. The van der Waals surface area contributed by atoms with Crippen molar-refractivity contribution >= 4 is 22.8 Å². The Morgan fingerprint density at radius 3 is 2.68 bits per heavy atom. The number of carbonyl (C=O) groups excluding carboxylic acids is 2. The van der Waals surface area contributed by atoms with Gasteiger partial charge in [0.2, 0.25) is 0 Å². The number of rotatable bonds is 6. The Labute approximate surface area is 215 Å². The summed E-state index contributed by atoms with van der Waals surface area (Å²) < 4.78 is 20.8. The second kappa shape index (κ2) is 8.76. The van der Waals surface area contributed by atoms with Crippen LogP contribution < -0.4 is 10.1 Å². The van der Waals surface area contributed by atoms with Crippen molar-refractivity contribution in [2.24, 2.45) is 0 Å². The van der Waals surface area contributed by atoms with Crippen LogP contribution in [-0.2, 0) is 11.2 Å². The maximum Gasteiger partial charge on any atom is 0.328 e. The molecule has 3 N–H and O–H groups in total. The van der Waals surface area contributed by atoms with E-state index in [0.717, 1.165) is 0 Å². The van der Waals surface area contributed by atoms with Crippen molar-refractivity contribution in [1.82, 2.24) is 20.1 Å². The molecule has 2 aromatic carbocycles. The molecule has 0 radical (unpaired) electrons. The van der Waals surface area contributed by atoms with E-state index < -0.39 is 17.4 Å². The lowest BCUT2D eigenvalue weighted by Gasteiger charge is -2.42. The van der Waals surface area contributed by atoms with Crippen LogP contribution in [-0.4, -0.2) is 63.1 Å². The molecule has 5 rings (SSSR count). The molecule has 2 aliphatic heterocycles. The number of imide groups is 1. The fourth-order valence-corrected chi connectivity index (χ4v) is 5.65. The first-order valence-corrected chi connectivity index (χ1v) is 12.5. The molecule has 37 heavy (non-hydrogen) atoms. The Morgan fingerprint density at radius 1 is 1.24 bits per heavy atom. The second-order valence-electron chi connectivity index (χ2n) is 11.1. The fourth-order valence-electron chi connectivity index (χ4n) is 5.65. The van der Waals surface area contributed by atoms with Crippen LogP contribution >= 0.6 is 0 Å². The summed E-state index contributed by atoms with van der Waals surface area (Å²) >= 11 is 0. The van der Waals surface area contributed by atoms with Crippen LogP contribution in [0.5, 0.6) is 11.5 Å². The number of hydrogen-bond acceptors (Lipinski definition) is 5. The van der Waals surface area contributed by atoms with Gasteiger partial charge in [-0.1, -0.05) is 12.1 Å². The van der Waals surface area contributed by atoms with Crippen LogP contribution in [0.1, 0.15) is 57.0 Å². The number of H-pyrrole nitrogens is 1. The standard InChI is InChI=1S/C28H33FN4O4/c1-27(2,3)30-12-7-13-32-25(35)28(4)15-18-21-19(10-11-20(37-5)22(21)29)31-23(18)24(33(28)26(32)36)16-8-6-9-17(34)14-16/h6,8-11,14,24,30-31,34H,7,12-13,15H2,1-5H3/t24?,28-/m0/s1. The largest absolute Gasteiger partial charge is 0.508 e. The number of carbonyl (C=O) groups is 2. The summed E-state index contributed by atoms with van der Waals surface area (Å²) in [6.07, 6.45) is 0.762. The average molecular weight is 509 g/mol. The summed E-state index contributed by atoms with van der Waals surface area (Å²) in [6.45, 7) is 8.86. The number of urea groups is 1. The van der Waals surface area contributed by atoms with Gasteiger partial charge in [-0.05, 0) is 76.1 Å². The highest BCUT2D eigenvalue weighted by Crippen LogP contribution is 2.49. The number of phenols is 1. The minimum Gasteiger partial charge on any atom is -0.508 e. The topological polar surface area (TPSA) is 97.9 Å². The molecule has 2 aliphatic rings. The number of methoxy groups -OCH3 is 1. The third-order valence-corrected chi connectivity index (χ3v) is 7.35. The van der Waals surface area contributed by atoms with Gasteiger partial charge in [0.25, 0.3) is 5.91 Å². The molecule has 0 spiro atoms. The van der Waals surface area contributed by atoms with Gasteiger partial charge >= 0.3 is 6.03 Å². The molecule has 2 atom stereocenters. The molecular weight excluding hydrogens is 475 g/mol. The molecule has 0 saturated carbocycles. The first-order chi connectivity index (χ1) is 17.5. The summed E-state index contributed by atoms with van der Waals surface area (Å²) in [6, 6.07) is 8.81. The Bertz CT molecular complexity index is 1390. The number of benzene rings is 2. The van der Waals surface area contributed by atoms with Crippen molar-refractivity contribution in [2.45, 2.75) is 57.7 Å².